The summed E-state index contributed by atoms with van der Waals surface area (Å²) in [6.07, 6.45) is -21.7. The summed E-state index contributed by atoms with van der Waals surface area (Å²) in [5.41, 5.74) is -1.36. The zero-order chi connectivity index (χ0) is 57.9. The first-order chi connectivity index (χ1) is 36.9. The third-order valence-electron chi connectivity index (χ3n) is 21.4. The predicted molar refractivity (Wildman–Crippen MR) is 270 cm³/mol. The van der Waals surface area contributed by atoms with Crippen LogP contribution in [0.4, 0.5) is 0 Å². The lowest BCUT2D eigenvalue weighted by atomic mass is 9.33. The van der Waals surface area contributed by atoms with Gasteiger partial charge in [0.15, 0.2) is 37.2 Å². The Morgan fingerprint density at radius 2 is 1.30 bits per heavy atom. The molecule has 0 spiro atoms. The first-order valence-corrected chi connectivity index (χ1v) is 28.4. The van der Waals surface area contributed by atoms with Crippen LogP contribution in [0.1, 0.15) is 127 Å². The molecular formula is C56H88O23. The normalized spacial score (nSPS) is 51.2. The molecular weight excluding hydrogens is 1040 g/mol. The van der Waals surface area contributed by atoms with Crippen LogP contribution in [0.5, 0.6) is 0 Å². The Morgan fingerprint density at radius 3 is 1.97 bits per heavy atom. The number of carbonyl (C=O) groups is 3. The number of hydrogen-bond donors (Lipinski definition) is 10. The number of allylic oxidation sites excluding steroid dienone is 2. The van der Waals surface area contributed by atoms with Crippen molar-refractivity contribution in [2.45, 2.75) is 249 Å². The van der Waals surface area contributed by atoms with E-state index in [0.717, 1.165) is 39.7 Å². The highest BCUT2D eigenvalue weighted by Crippen LogP contribution is 2.76. The van der Waals surface area contributed by atoms with Gasteiger partial charge in [-0.1, -0.05) is 60.1 Å². The first kappa shape index (κ1) is 61.0. The van der Waals surface area contributed by atoms with Gasteiger partial charge in [0.2, 0.25) is 6.29 Å². The molecule has 9 rings (SSSR count). The van der Waals surface area contributed by atoms with E-state index in [1.807, 2.05) is 0 Å². The number of methoxy groups -OCH3 is 1. The van der Waals surface area contributed by atoms with E-state index in [4.69, 9.17) is 47.4 Å². The Labute approximate surface area is 461 Å². The van der Waals surface area contributed by atoms with Gasteiger partial charge in [0, 0.05) is 6.92 Å². The molecule has 450 valence electrons. The van der Waals surface area contributed by atoms with E-state index < -0.39 is 165 Å². The summed E-state index contributed by atoms with van der Waals surface area (Å²) >= 11 is 0. The molecule has 0 bridgehead atoms. The van der Waals surface area contributed by atoms with Crippen molar-refractivity contribution in [1.82, 2.24) is 0 Å². The zero-order valence-electron chi connectivity index (χ0n) is 47.1. The Bertz CT molecular complexity index is 2260. The number of rotatable bonds is 11. The summed E-state index contributed by atoms with van der Waals surface area (Å²) in [5, 5.41) is 109. The van der Waals surface area contributed by atoms with E-state index in [-0.39, 0.29) is 39.4 Å². The maximum atomic E-state index is 15.3. The van der Waals surface area contributed by atoms with Crippen molar-refractivity contribution in [2.24, 2.45) is 50.2 Å². The Kier molecular flexibility index (Phi) is 17.1. The van der Waals surface area contributed by atoms with Crippen molar-refractivity contribution in [3.05, 3.63) is 11.6 Å². The lowest BCUT2D eigenvalue weighted by molar-refractivity contribution is -0.363. The topological polar surface area (TPSA) is 346 Å². The van der Waals surface area contributed by atoms with E-state index >= 15 is 4.79 Å². The highest BCUT2D eigenvalue weighted by Gasteiger charge is 2.70. The molecule has 0 aromatic rings. The van der Waals surface area contributed by atoms with Crippen molar-refractivity contribution >= 4 is 17.9 Å². The summed E-state index contributed by atoms with van der Waals surface area (Å²) in [5.74, 6) is -2.30. The fourth-order valence-electron chi connectivity index (χ4n) is 16.6. The number of esters is 3. The fourth-order valence-corrected chi connectivity index (χ4v) is 16.6. The molecule has 0 aromatic heterocycles. The van der Waals surface area contributed by atoms with Crippen LogP contribution in [0.3, 0.4) is 0 Å². The molecule has 8 fully saturated rings. The van der Waals surface area contributed by atoms with Gasteiger partial charge in [-0.3, -0.25) is 9.59 Å². The second-order valence-electron chi connectivity index (χ2n) is 26.6. The minimum absolute atomic E-state index is 0.0941. The third-order valence-corrected chi connectivity index (χ3v) is 21.4. The first-order valence-electron chi connectivity index (χ1n) is 28.4. The quantitative estimate of drug-likeness (QED) is 0.0579. The second-order valence-corrected chi connectivity index (χ2v) is 26.6. The van der Waals surface area contributed by atoms with Crippen LogP contribution in [0, 0.1) is 50.2 Å². The van der Waals surface area contributed by atoms with Crippen LogP contribution in [-0.2, 0) is 61.8 Å². The van der Waals surface area contributed by atoms with Crippen molar-refractivity contribution < 1.29 is 113 Å². The lowest BCUT2D eigenvalue weighted by Crippen LogP contribution is -2.67. The molecule has 23 heteroatoms. The summed E-state index contributed by atoms with van der Waals surface area (Å²) < 4.78 is 58.4. The van der Waals surface area contributed by atoms with Crippen LogP contribution in [0.15, 0.2) is 11.6 Å². The van der Waals surface area contributed by atoms with E-state index in [2.05, 4.69) is 54.5 Å². The number of aliphatic hydroxyl groups excluding tert-OH is 10. The second kappa shape index (κ2) is 22.1. The van der Waals surface area contributed by atoms with Crippen LogP contribution in [-0.4, -0.2) is 212 Å². The summed E-state index contributed by atoms with van der Waals surface area (Å²) in [4.78, 5) is 40.3. The molecule has 9 aliphatic rings. The average Bonchev–Trinajstić information content (AvgIpc) is 3.48. The Hall–Kier alpha value is -2.53. The molecule has 27 atom stereocenters. The molecule has 0 amide bonds. The molecule has 0 radical (unpaired) electrons. The fraction of sp³-hybridized carbons (Fsp3) is 0.911. The molecule has 79 heavy (non-hydrogen) atoms. The van der Waals surface area contributed by atoms with Crippen molar-refractivity contribution in [3.63, 3.8) is 0 Å². The molecule has 5 aliphatic carbocycles. The molecule has 10 N–H and O–H groups in total. The summed E-state index contributed by atoms with van der Waals surface area (Å²) in [6.45, 7) is 17.3. The van der Waals surface area contributed by atoms with Crippen molar-refractivity contribution in [2.75, 3.05) is 20.3 Å². The van der Waals surface area contributed by atoms with Gasteiger partial charge in [0.25, 0.3) is 0 Å². The smallest absolute Gasteiger partial charge is 0.337 e. The highest BCUT2D eigenvalue weighted by atomic mass is 16.8. The number of fused-ring (bicyclic) bond motifs is 7. The van der Waals surface area contributed by atoms with E-state index in [1.165, 1.54) is 12.5 Å². The van der Waals surface area contributed by atoms with Crippen LogP contribution < -0.4 is 0 Å². The van der Waals surface area contributed by atoms with Gasteiger partial charge in [-0.05, 0) is 116 Å². The largest absolute Gasteiger partial charge is 0.467 e. The maximum absolute atomic E-state index is 15.3. The van der Waals surface area contributed by atoms with Gasteiger partial charge in [0.1, 0.15) is 67.1 Å². The molecule has 4 saturated carbocycles. The zero-order valence-corrected chi connectivity index (χ0v) is 47.1. The molecule has 23 nitrogen and oxygen atoms in total. The lowest BCUT2D eigenvalue weighted by Gasteiger charge is -2.71. The van der Waals surface area contributed by atoms with Crippen molar-refractivity contribution in [1.29, 1.82) is 0 Å². The monoisotopic (exact) mass is 1130 g/mol. The minimum atomic E-state index is -1.81. The van der Waals surface area contributed by atoms with E-state index in [1.54, 1.807) is 0 Å². The average molecular weight is 1130 g/mol. The highest BCUT2D eigenvalue weighted by molar-refractivity contribution is 5.79. The summed E-state index contributed by atoms with van der Waals surface area (Å²) in [7, 11) is 1.12. The van der Waals surface area contributed by atoms with Gasteiger partial charge in [0.05, 0.1) is 37.9 Å². The number of ether oxygens (including phenoxy) is 10. The minimum Gasteiger partial charge on any atom is -0.467 e. The van der Waals surface area contributed by atoms with E-state index in [0.29, 0.717) is 38.5 Å². The standard InChI is InChI=1S/C56H88O23/c1-24-33(60)35(62)37(64)47(72-24)76-42-38(65)43(45(68)70-10)77-48(40(42)67)75-32-14-15-53(7)30(52(32,5)6)13-16-55(9)31(53)12-11-26-27-21-51(3,4)17-19-56(27,20-18-54(26,55)8)50(69)79-49-44(36(63)34(61)29(22-57)74-49)78-46-39(66)41(73-25(2)58)28(59)23-71-46/h11,24,27-44,46-49,57,59-67H,12-23H2,1-10H3. The van der Waals surface area contributed by atoms with Gasteiger partial charge >= 0.3 is 17.9 Å². The molecule has 0 aromatic carbocycles. The number of hydrogen-bond acceptors (Lipinski definition) is 23. The summed E-state index contributed by atoms with van der Waals surface area (Å²) in [6, 6.07) is 0. The van der Waals surface area contributed by atoms with Gasteiger partial charge in [-0.25, -0.2) is 4.79 Å². The Balaban J connectivity index is 0.955. The van der Waals surface area contributed by atoms with Gasteiger partial charge < -0.3 is 98.4 Å². The molecule has 27 unspecified atom stereocenters. The molecule has 4 saturated heterocycles. The van der Waals surface area contributed by atoms with Crippen LogP contribution >= 0.6 is 0 Å². The Morgan fingerprint density at radius 1 is 0.646 bits per heavy atom. The third kappa shape index (κ3) is 10.2. The predicted octanol–water partition coefficient (Wildman–Crippen LogP) is 0.383. The SMILES string of the molecule is COC(=O)C1OC(OC2CCC3(C)C(CCC4(C)C3CC=C3C5CC(C)(C)CCC5(C(=O)OC5OC(CO)C(O)C(O)C5OC5OCC(O)C(OC(C)=O)C5O)CCC34C)C2(C)C)C(O)C(OC2OC(C)C(O)C(O)C2O)C1O. The van der Waals surface area contributed by atoms with E-state index in [9.17, 15) is 60.7 Å². The van der Waals surface area contributed by atoms with Gasteiger partial charge in [-0.2, -0.15) is 0 Å². The molecule has 4 aliphatic heterocycles. The molecule has 4 heterocycles. The van der Waals surface area contributed by atoms with Crippen LogP contribution in [0.25, 0.3) is 0 Å². The number of aliphatic hydroxyl groups is 10. The number of carbonyl (C=O) groups excluding carboxylic acids is 3. The maximum Gasteiger partial charge on any atom is 0.337 e. The van der Waals surface area contributed by atoms with Crippen LogP contribution in [0.2, 0.25) is 0 Å². The van der Waals surface area contributed by atoms with Crippen molar-refractivity contribution in [3.8, 4) is 0 Å². The van der Waals surface area contributed by atoms with Gasteiger partial charge in [-0.15, -0.1) is 0 Å².